The minimum Gasteiger partial charge on any atom is -0.492 e. The van der Waals surface area contributed by atoms with Crippen LogP contribution in [0.3, 0.4) is 0 Å². The van der Waals surface area contributed by atoms with Crippen molar-refractivity contribution in [1.82, 2.24) is 4.90 Å². The number of carbonyl (C=O) groups excluding carboxylic acids is 2. The topological polar surface area (TPSA) is 65.1 Å². The van der Waals surface area contributed by atoms with Crippen LogP contribution in [-0.4, -0.2) is 35.8 Å². The molecule has 3 aromatic carbocycles. The molecule has 0 radical (unpaired) electrons. The van der Waals surface area contributed by atoms with E-state index in [1.165, 1.54) is 0 Å². The molecule has 192 valence electrons. The highest BCUT2D eigenvalue weighted by Crippen LogP contribution is 2.39. The van der Waals surface area contributed by atoms with Crippen molar-refractivity contribution in [2.24, 2.45) is 0 Å². The third-order valence-electron chi connectivity index (χ3n) is 5.23. The molecule has 1 saturated heterocycles. The number of halogens is 3. The van der Waals surface area contributed by atoms with Gasteiger partial charge in [-0.05, 0) is 72.8 Å². The number of ether oxygens (including phenoxy) is 3. The first kappa shape index (κ1) is 27.2. The van der Waals surface area contributed by atoms with Crippen LogP contribution in [0.1, 0.15) is 18.1 Å². The summed E-state index contributed by atoms with van der Waals surface area (Å²) in [7, 11) is 0. The maximum Gasteiger partial charge on any atom is 0.293 e. The molecule has 0 unspecified atom stereocenters. The maximum absolute atomic E-state index is 12.9. The molecule has 4 rings (SSSR count). The molecule has 1 aliphatic rings. The van der Waals surface area contributed by atoms with Crippen LogP contribution in [-0.2, 0) is 11.4 Å². The van der Waals surface area contributed by atoms with Crippen molar-refractivity contribution in [2.45, 2.75) is 13.5 Å². The van der Waals surface area contributed by atoms with Gasteiger partial charge in [0.2, 0.25) is 0 Å². The lowest BCUT2D eigenvalue weighted by Gasteiger charge is -2.15. The van der Waals surface area contributed by atoms with Crippen LogP contribution in [0.25, 0.3) is 6.08 Å². The maximum atomic E-state index is 12.9. The summed E-state index contributed by atoms with van der Waals surface area (Å²) in [6, 6.07) is 17.6. The fourth-order valence-electron chi connectivity index (χ4n) is 3.47. The summed E-state index contributed by atoms with van der Waals surface area (Å²) in [6.07, 6.45) is 1.61. The van der Waals surface area contributed by atoms with Crippen LogP contribution in [0.5, 0.6) is 17.2 Å². The number of carbonyl (C=O) groups is 2. The predicted molar refractivity (Wildman–Crippen MR) is 148 cm³/mol. The van der Waals surface area contributed by atoms with Gasteiger partial charge < -0.3 is 14.2 Å². The van der Waals surface area contributed by atoms with Gasteiger partial charge in [0, 0.05) is 15.6 Å². The summed E-state index contributed by atoms with van der Waals surface area (Å²) in [5.74, 6) is 0.988. The Morgan fingerprint density at radius 1 is 0.919 bits per heavy atom. The molecule has 0 aromatic heterocycles. The van der Waals surface area contributed by atoms with Crippen molar-refractivity contribution in [3.8, 4) is 17.2 Å². The summed E-state index contributed by atoms with van der Waals surface area (Å²) >= 11 is 19.5. The van der Waals surface area contributed by atoms with Crippen LogP contribution < -0.4 is 14.2 Å². The second-order valence-corrected chi connectivity index (χ2v) is 10.0. The number of amides is 2. The molecule has 0 N–H and O–H groups in total. The zero-order valence-electron chi connectivity index (χ0n) is 19.7. The van der Waals surface area contributed by atoms with Gasteiger partial charge in [-0.2, -0.15) is 0 Å². The lowest BCUT2D eigenvalue weighted by atomic mass is 10.1. The van der Waals surface area contributed by atoms with E-state index < -0.39 is 5.91 Å². The second kappa shape index (κ2) is 12.6. The molecule has 0 aliphatic carbocycles. The first-order valence-corrected chi connectivity index (χ1v) is 13.3. The zero-order valence-corrected chi connectivity index (χ0v) is 22.8. The molecule has 0 atom stereocenters. The normalized spacial score (nSPS) is 14.4. The van der Waals surface area contributed by atoms with Crippen LogP contribution in [0.15, 0.2) is 65.6 Å². The van der Waals surface area contributed by atoms with Crippen LogP contribution >= 0.6 is 46.6 Å². The van der Waals surface area contributed by atoms with Gasteiger partial charge in [0.15, 0.2) is 11.5 Å². The molecule has 0 spiro atoms. The minimum absolute atomic E-state index is 0.115. The highest BCUT2D eigenvalue weighted by atomic mass is 35.5. The summed E-state index contributed by atoms with van der Waals surface area (Å²) in [5, 5.41) is 1.12. The quantitative estimate of drug-likeness (QED) is 0.229. The van der Waals surface area contributed by atoms with Crippen molar-refractivity contribution >= 4 is 63.8 Å². The molecule has 6 nitrogen and oxygen atoms in total. The zero-order chi connectivity index (χ0) is 26.4. The third-order valence-corrected chi connectivity index (χ3v) is 7.04. The van der Waals surface area contributed by atoms with Crippen molar-refractivity contribution in [2.75, 3.05) is 19.8 Å². The van der Waals surface area contributed by atoms with Gasteiger partial charge in [0.05, 0.1) is 23.1 Å². The first-order valence-electron chi connectivity index (χ1n) is 11.3. The summed E-state index contributed by atoms with van der Waals surface area (Å²) in [5.41, 5.74) is 1.40. The molecule has 1 aliphatic heterocycles. The Labute approximate surface area is 234 Å². The fraction of sp³-hybridized carbons (Fsp3) is 0.185. The molecule has 10 heteroatoms. The molecule has 3 aromatic rings. The van der Waals surface area contributed by atoms with E-state index in [4.69, 9.17) is 49.0 Å². The summed E-state index contributed by atoms with van der Waals surface area (Å²) < 4.78 is 17.3. The molecule has 37 heavy (non-hydrogen) atoms. The highest BCUT2D eigenvalue weighted by Gasteiger charge is 2.35. The largest absolute Gasteiger partial charge is 0.492 e. The third kappa shape index (κ3) is 6.93. The molecule has 0 bridgehead atoms. The Kier molecular flexibility index (Phi) is 9.27. The van der Waals surface area contributed by atoms with Crippen LogP contribution in [0.4, 0.5) is 4.79 Å². The van der Waals surface area contributed by atoms with E-state index in [0.717, 1.165) is 22.2 Å². The Hall–Kier alpha value is -2.84. The Morgan fingerprint density at radius 2 is 1.68 bits per heavy atom. The van der Waals surface area contributed by atoms with E-state index in [1.807, 2.05) is 25.1 Å². The number of hydrogen-bond acceptors (Lipinski definition) is 6. The van der Waals surface area contributed by atoms with E-state index in [2.05, 4.69) is 0 Å². The van der Waals surface area contributed by atoms with Crippen molar-refractivity contribution in [3.63, 3.8) is 0 Å². The smallest absolute Gasteiger partial charge is 0.293 e. The van der Waals surface area contributed by atoms with E-state index in [0.29, 0.717) is 44.5 Å². The molecule has 1 heterocycles. The standard InChI is InChI=1S/C27H22Cl3NO5S/c1-2-34-23-14-17(13-22(30)25(23)36-16-18-5-3-4-6-21(18)29)15-24-26(32)31(27(33)37-24)11-12-35-20-9-7-19(28)8-10-20/h3-10,13-15H,2,11-12,16H2,1H3/b24-15-. The van der Waals surface area contributed by atoms with Gasteiger partial charge in [-0.15, -0.1) is 0 Å². The van der Waals surface area contributed by atoms with Crippen molar-refractivity contribution < 1.29 is 23.8 Å². The SMILES string of the molecule is CCOc1cc(/C=C2\SC(=O)N(CCOc3ccc(Cl)cc3)C2=O)cc(Cl)c1OCc1ccccc1Cl. The van der Waals surface area contributed by atoms with Crippen LogP contribution in [0, 0.1) is 0 Å². The van der Waals surface area contributed by atoms with E-state index in [1.54, 1.807) is 48.5 Å². The monoisotopic (exact) mass is 577 g/mol. The van der Waals surface area contributed by atoms with Gasteiger partial charge in [0.1, 0.15) is 19.0 Å². The van der Waals surface area contributed by atoms with Gasteiger partial charge in [-0.3, -0.25) is 14.5 Å². The lowest BCUT2D eigenvalue weighted by molar-refractivity contribution is -0.123. The van der Waals surface area contributed by atoms with Gasteiger partial charge in [-0.25, -0.2) is 0 Å². The Morgan fingerprint density at radius 3 is 2.41 bits per heavy atom. The number of rotatable bonds is 10. The van der Waals surface area contributed by atoms with Crippen molar-refractivity contribution in [3.05, 3.63) is 91.8 Å². The van der Waals surface area contributed by atoms with Gasteiger partial charge in [-0.1, -0.05) is 53.0 Å². The second-order valence-electron chi connectivity index (χ2n) is 7.78. The Balaban J connectivity index is 1.46. The van der Waals surface area contributed by atoms with Crippen LogP contribution in [0.2, 0.25) is 15.1 Å². The van der Waals surface area contributed by atoms with Crippen molar-refractivity contribution in [1.29, 1.82) is 0 Å². The molecule has 0 saturated carbocycles. The summed E-state index contributed by atoms with van der Waals surface area (Å²) in [6.45, 7) is 2.70. The van der Waals surface area contributed by atoms with Gasteiger partial charge in [0.25, 0.3) is 11.1 Å². The molecular weight excluding hydrogens is 557 g/mol. The number of hydrogen-bond donors (Lipinski definition) is 0. The fourth-order valence-corrected chi connectivity index (χ4v) is 4.92. The number of imide groups is 1. The molecule has 1 fully saturated rings. The molecule has 2 amide bonds. The van der Waals surface area contributed by atoms with E-state index in [9.17, 15) is 9.59 Å². The van der Waals surface area contributed by atoms with E-state index >= 15 is 0 Å². The molecular formula is C27H22Cl3NO5S. The summed E-state index contributed by atoms with van der Waals surface area (Å²) in [4.78, 5) is 26.8. The number of thioether (sulfide) groups is 1. The minimum atomic E-state index is -0.400. The Bertz CT molecular complexity index is 1330. The van der Waals surface area contributed by atoms with Gasteiger partial charge >= 0.3 is 0 Å². The number of nitrogens with zero attached hydrogens (tertiary/aromatic N) is 1. The number of benzene rings is 3. The first-order chi connectivity index (χ1) is 17.9. The lowest BCUT2D eigenvalue weighted by Crippen LogP contribution is -2.32. The average Bonchev–Trinajstić information content (AvgIpc) is 3.13. The average molecular weight is 579 g/mol. The predicted octanol–water partition coefficient (Wildman–Crippen LogP) is 7.74. The highest BCUT2D eigenvalue weighted by molar-refractivity contribution is 8.18. The van der Waals surface area contributed by atoms with E-state index in [-0.39, 0.29) is 29.9 Å².